The molecule has 0 saturated heterocycles. The lowest BCUT2D eigenvalue weighted by Crippen LogP contribution is -2.24. The molecule has 27 heavy (non-hydrogen) atoms. The first kappa shape index (κ1) is 17.4. The number of benzene rings is 1. The van der Waals surface area contributed by atoms with Gasteiger partial charge < -0.3 is 14.8 Å². The number of aromatic nitrogens is 4. The summed E-state index contributed by atoms with van der Waals surface area (Å²) >= 11 is 0. The van der Waals surface area contributed by atoms with Crippen LogP contribution in [0.1, 0.15) is 37.6 Å². The van der Waals surface area contributed by atoms with E-state index in [1.165, 1.54) is 0 Å². The van der Waals surface area contributed by atoms with Crippen molar-refractivity contribution in [3.05, 3.63) is 35.7 Å². The number of rotatable bonds is 6. The Morgan fingerprint density at radius 3 is 2.93 bits per heavy atom. The molecule has 142 valence electrons. The topological polar surface area (TPSA) is 83.2 Å². The van der Waals surface area contributed by atoms with Crippen LogP contribution in [0.15, 0.2) is 24.4 Å². The molecule has 8 heteroatoms. The van der Waals surface area contributed by atoms with Gasteiger partial charge in [0, 0.05) is 19.0 Å². The van der Waals surface area contributed by atoms with Crippen LogP contribution >= 0.6 is 0 Å². The van der Waals surface area contributed by atoms with Gasteiger partial charge in [0.05, 0.1) is 18.4 Å². The fourth-order valence-corrected chi connectivity index (χ4v) is 3.29. The number of nitrogens with one attached hydrogen (secondary N) is 1. The lowest BCUT2D eigenvalue weighted by molar-refractivity contribution is -0.121. The summed E-state index contributed by atoms with van der Waals surface area (Å²) in [4.78, 5) is 12.3. The molecule has 0 radical (unpaired) electrons. The number of aryl methyl sites for hydroxylation is 2. The van der Waals surface area contributed by atoms with E-state index in [4.69, 9.17) is 9.47 Å². The molecule has 4 rings (SSSR count). The summed E-state index contributed by atoms with van der Waals surface area (Å²) in [5.41, 5.74) is 3.90. The first-order valence-electron chi connectivity index (χ1n) is 9.09. The smallest absolute Gasteiger partial charge is 0.231 e. The highest BCUT2D eigenvalue weighted by Gasteiger charge is 2.16. The molecule has 0 spiro atoms. The SMILES string of the molecule is Cc1nn(C(C)C)c2cnn(CCC(=O)NCc3ccc4c(c3)OCO4)c12. The zero-order valence-corrected chi connectivity index (χ0v) is 15.7. The van der Waals surface area contributed by atoms with E-state index in [-0.39, 0.29) is 18.7 Å². The molecule has 1 aromatic carbocycles. The fraction of sp³-hybridized carbons (Fsp3) is 0.421. The predicted molar refractivity (Wildman–Crippen MR) is 99.7 cm³/mol. The maximum Gasteiger partial charge on any atom is 0.231 e. The van der Waals surface area contributed by atoms with Gasteiger partial charge in [-0.1, -0.05) is 6.07 Å². The Kier molecular flexibility index (Phi) is 4.47. The number of amides is 1. The highest BCUT2D eigenvalue weighted by atomic mass is 16.7. The summed E-state index contributed by atoms with van der Waals surface area (Å²) < 4.78 is 14.5. The first-order chi connectivity index (χ1) is 13.0. The molecule has 8 nitrogen and oxygen atoms in total. The molecular formula is C19H23N5O3. The Hall–Kier alpha value is -3.03. The summed E-state index contributed by atoms with van der Waals surface area (Å²) in [6, 6.07) is 5.95. The monoisotopic (exact) mass is 369 g/mol. The van der Waals surface area contributed by atoms with Crippen molar-refractivity contribution in [2.75, 3.05) is 6.79 Å². The maximum atomic E-state index is 12.3. The van der Waals surface area contributed by atoms with E-state index in [0.717, 1.165) is 33.8 Å². The van der Waals surface area contributed by atoms with E-state index < -0.39 is 0 Å². The van der Waals surface area contributed by atoms with Crippen molar-refractivity contribution in [3.8, 4) is 11.5 Å². The minimum absolute atomic E-state index is 0.0229. The van der Waals surface area contributed by atoms with E-state index in [0.29, 0.717) is 19.5 Å². The van der Waals surface area contributed by atoms with E-state index in [2.05, 4.69) is 29.4 Å². The normalized spacial score (nSPS) is 12.9. The van der Waals surface area contributed by atoms with Gasteiger partial charge in [0.1, 0.15) is 11.0 Å². The van der Waals surface area contributed by atoms with E-state index >= 15 is 0 Å². The molecule has 3 aromatic rings. The molecule has 0 fully saturated rings. The fourth-order valence-electron chi connectivity index (χ4n) is 3.29. The highest BCUT2D eigenvalue weighted by Crippen LogP contribution is 2.32. The minimum atomic E-state index is -0.0229. The van der Waals surface area contributed by atoms with Crippen molar-refractivity contribution in [2.24, 2.45) is 0 Å². The molecule has 1 aliphatic rings. The quantitative estimate of drug-likeness (QED) is 0.722. The molecule has 1 aliphatic heterocycles. The van der Waals surface area contributed by atoms with E-state index in [1.54, 1.807) is 0 Å². The lowest BCUT2D eigenvalue weighted by atomic mass is 10.2. The van der Waals surface area contributed by atoms with Crippen LogP contribution in [0.3, 0.4) is 0 Å². The number of nitrogens with zero attached hydrogens (tertiary/aromatic N) is 4. The molecular weight excluding hydrogens is 346 g/mol. The molecule has 0 aliphatic carbocycles. The second-order valence-electron chi connectivity index (χ2n) is 6.94. The Morgan fingerprint density at radius 2 is 2.11 bits per heavy atom. The van der Waals surface area contributed by atoms with Crippen molar-refractivity contribution >= 4 is 16.9 Å². The third kappa shape index (κ3) is 3.34. The number of carbonyl (C=O) groups is 1. The summed E-state index contributed by atoms with van der Waals surface area (Å²) in [7, 11) is 0. The van der Waals surface area contributed by atoms with Crippen LogP contribution in [-0.2, 0) is 17.9 Å². The number of carbonyl (C=O) groups excluding carboxylic acids is 1. The minimum Gasteiger partial charge on any atom is -0.454 e. The van der Waals surface area contributed by atoms with Gasteiger partial charge in [0.15, 0.2) is 11.5 Å². The molecule has 0 bridgehead atoms. The van der Waals surface area contributed by atoms with Crippen LogP contribution in [0.5, 0.6) is 11.5 Å². The summed E-state index contributed by atoms with van der Waals surface area (Å²) in [6.45, 7) is 7.37. The molecule has 0 unspecified atom stereocenters. The second kappa shape index (κ2) is 6.94. The maximum absolute atomic E-state index is 12.3. The van der Waals surface area contributed by atoms with Crippen LogP contribution in [0, 0.1) is 6.92 Å². The average Bonchev–Trinajstić information content (AvgIpc) is 3.34. The molecule has 1 amide bonds. The van der Waals surface area contributed by atoms with Gasteiger partial charge in [-0.2, -0.15) is 10.2 Å². The third-order valence-electron chi connectivity index (χ3n) is 4.63. The van der Waals surface area contributed by atoms with Gasteiger partial charge in [-0.3, -0.25) is 14.2 Å². The van der Waals surface area contributed by atoms with Gasteiger partial charge in [-0.15, -0.1) is 0 Å². The molecule has 0 saturated carbocycles. The van der Waals surface area contributed by atoms with E-state index in [1.807, 2.05) is 40.7 Å². The molecule has 2 aromatic heterocycles. The van der Waals surface area contributed by atoms with Gasteiger partial charge in [0.2, 0.25) is 12.7 Å². The standard InChI is InChI=1S/C19H23N5O3/c1-12(2)24-15-10-21-23(19(15)13(3)22-24)7-6-18(25)20-9-14-4-5-16-17(8-14)27-11-26-16/h4-5,8,10,12H,6-7,9,11H2,1-3H3,(H,20,25). The highest BCUT2D eigenvalue weighted by molar-refractivity contribution is 5.79. The molecule has 0 atom stereocenters. The summed E-state index contributed by atoms with van der Waals surface area (Å²) in [5, 5.41) is 12.0. The van der Waals surface area contributed by atoms with Gasteiger partial charge >= 0.3 is 0 Å². The molecule has 1 N–H and O–H groups in total. The number of hydrogen-bond donors (Lipinski definition) is 1. The van der Waals surface area contributed by atoms with Crippen molar-refractivity contribution in [1.82, 2.24) is 24.9 Å². The Bertz CT molecular complexity index is 989. The van der Waals surface area contributed by atoms with E-state index in [9.17, 15) is 4.79 Å². The number of ether oxygens (including phenoxy) is 2. The zero-order valence-electron chi connectivity index (χ0n) is 15.7. The van der Waals surface area contributed by atoms with Gasteiger partial charge in [-0.05, 0) is 38.5 Å². The summed E-state index contributed by atoms with van der Waals surface area (Å²) in [5.74, 6) is 1.44. The van der Waals surface area contributed by atoms with Crippen LogP contribution in [0.25, 0.3) is 11.0 Å². The van der Waals surface area contributed by atoms with Crippen molar-refractivity contribution in [3.63, 3.8) is 0 Å². The van der Waals surface area contributed by atoms with Crippen molar-refractivity contribution in [1.29, 1.82) is 0 Å². The van der Waals surface area contributed by atoms with Crippen LogP contribution in [0.4, 0.5) is 0 Å². The van der Waals surface area contributed by atoms with Gasteiger partial charge in [0.25, 0.3) is 0 Å². The number of fused-ring (bicyclic) bond motifs is 2. The average molecular weight is 369 g/mol. The zero-order chi connectivity index (χ0) is 19.0. The van der Waals surface area contributed by atoms with Crippen LogP contribution < -0.4 is 14.8 Å². The lowest BCUT2D eigenvalue weighted by Gasteiger charge is -2.07. The Balaban J connectivity index is 1.36. The van der Waals surface area contributed by atoms with Crippen molar-refractivity contribution < 1.29 is 14.3 Å². The summed E-state index contributed by atoms with van der Waals surface area (Å²) in [6.07, 6.45) is 2.17. The second-order valence-corrected chi connectivity index (χ2v) is 6.94. The third-order valence-corrected chi connectivity index (χ3v) is 4.63. The largest absolute Gasteiger partial charge is 0.454 e. The van der Waals surface area contributed by atoms with Crippen LogP contribution in [-0.4, -0.2) is 32.3 Å². The Labute approximate surface area is 157 Å². The van der Waals surface area contributed by atoms with Crippen LogP contribution in [0.2, 0.25) is 0 Å². The number of hydrogen-bond acceptors (Lipinski definition) is 5. The Morgan fingerprint density at radius 1 is 1.30 bits per heavy atom. The van der Waals surface area contributed by atoms with Gasteiger partial charge in [-0.25, -0.2) is 0 Å². The first-order valence-corrected chi connectivity index (χ1v) is 9.09. The van der Waals surface area contributed by atoms with Crippen molar-refractivity contribution in [2.45, 2.75) is 46.3 Å². The predicted octanol–water partition coefficient (Wildman–Crippen LogP) is 2.56. The molecule has 3 heterocycles.